The number of allylic oxidation sites excluding steroid dienone is 5. The van der Waals surface area contributed by atoms with Crippen LogP contribution in [0, 0.1) is 11.6 Å². The van der Waals surface area contributed by atoms with Crippen molar-refractivity contribution in [3.8, 4) is 0 Å². The molecule has 2 heteroatoms. The van der Waals surface area contributed by atoms with Crippen molar-refractivity contribution in [1.29, 1.82) is 0 Å². The quantitative estimate of drug-likeness (QED) is 0.668. The molecule has 17 heavy (non-hydrogen) atoms. The van der Waals surface area contributed by atoms with Gasteiger partial charge in [-0.15, -0.1) is 0 Å². The molecule has 0 saturated heterocycles. The topological polar surface area (TPSA) is 0 Å². The lowest BCUT2D eigenvalue weighted by molar-refractivity contribution is 0.507. The summed E-state index contributed by atoms with van der Waals surface area (Å²) in [5, 5.41) is 0. The van der Waals surface area contributed by atoms with Gasteiger partial charge in [-0.25, -0.2) is 8.78 Å². The zero-order valence-electron chi connectivity index (χ0n) is 10.1. The number of rotatable bonds is 4. The van der Waals surface area contributed by atoms with E-state index in [1.54, 1.807) is 12.1 Å². The van der Waals surface area contributed by atoms with Gasteiger partial charge in [0.1, 0.15) is 0 Å². The molecular formula is C15H16F2. The van der Waals surface area contributed by atoms with E-state index >= 15 is 0 Å². The molecule has 1 rings (SSSR count). The molecule has 1 aromatic carbocycles. The van der Waals surface area contributed by atoms with E-state index in [2.05, 4.69) is 6.58 Å². The van der Waals surface area contributed by atoms with Crippen molar-refractivity contribution in [2.75, 3.05) is 0 Å². The normalized spacial score (nSPS) is 10.6. The van der Waals surface area contributed by atoms with Crippen LogP contribution < -0.4 is 0 Å². The van der Waals surface area contributed by atoms with Gasteiger partial charge >= 0.3 is 0 Å². The van der Waals surface area contributed by atoms with Crippen molar-refractivity contribution >= 4 is 0 Å². The third-order valence-electron chi connectivity index (χ3n) is 2.45. The molecule has 90 valence electrons. The fourth-order valence-electron chi connectivity index (χ4n) is 1.46. The first-order chi connectivity index (χ1) is 8.04. The maximum atomic E-state index is 13.1. The second kappa shape index (κ2) is 6.14. The Balaban J connectivity index is 2.95. The van der Waals surface area contributed by atoms with Gasteiger partial charge in [0.05, 0.1) is 0 Å². The minimum atomic E-state index is -0.811. The summed E-state index contributed by atoms with van der Waals surface area (Å²) in [6.07, 6.45) is 6.05. The van der Waals surface area contributed by atoms with Crippen LogP contribution in [0.1, 0.15) is 19.4 Å². The van der Waals surface area contributed by atoms with Crippen LogP contribution in [0.15, 0.2) is 54.2 Å². The summed E-state index contributed by atoms with van der Waals surface area (Å²) in [5.74, 6) is -1.61. The molecule has 1 aromatic rings. The summed E-state index contributed by atoms with van der Waals surface area (Å²) in [6, 6.07) is 3.99. The Bertz CT molecular complexity index is 464. The van der Waals surface area contributed by atoms with E-state index in [1.807, 2.05) is 26.0 Å². The molecule has 0 radical (unpaired) electrons. The predicted octanol–water partition coefficient (Wildman–Crippen LogP) is 4.59. The second-order valence-corrected chi connectivity index (χ2v) is 4.05. The van der Waals surface area contributed by atoms with Crippen LogP contribution in [-0.4, -0.2) is 0 Å². The second-order valence-electron chi connectivity index (χ2n) is 4.05. The summed E-state index contributed by atoms with van der Waals surface area (Å²) in [7, 11) is 0. The zero-order valence-corrected chi connectivity index (χ0v) is 10.1. The fourth-order valence-corrected chi connectivity index (χ4v) is 1.46. The van der Waals surface area contributed by atoms with E-state index in [-0.39, 0.29) is 0 Å². The van der Waals surface area contributed by atoms with E-state index < -0.39 is 11.6 Å². The minimum Gasteiger partial charge on any atom is -0.204 e. The highest BCUT2D eigenvalue weighted by Crippen LogP contribution is 2.16. The Morgan fingerprint density at radius 1 is 1.24 bits per heavy atom. The highest BCUT2D eigenvalue weighted by molar-refractivity contribution is 5.32. The van der Waals surface area contributed by atoms with Gasteiger partial charge in [-0.1, -0.05) is 36.4 Å². The lowest BCUT2D eigenvalue weighted by atomic mass is 10.0. The van der Waals surface area contributed by atoms with E-state index in [9.17, 15) is 8.78 Å². The molecule has 0 aromatic heterocycles. The first kappa shape index (κ1) is 13.4. The van der Waals surface area contributed by atoms with E-state index in [0.29, 0.717) is 6.42 Å². The standard InChI is InChI=1S/C15H16F2/c1-4-5-6-13(11(2)3)9-12-7-8-14(16)15(17)10-12/h4-8,10H,1,9H2,2-3H3/b6-5-. The van der Waals surface area contributed by atoms with Gasteiger partial charge in [-0.05, 0) is 43.5 Å². The molecule has 0 aliphatic rings. The molecule has 0 heterocycles. The maximum Gasteiger partial charge on any atom is 0.159 e. The highest BCUT2D eigenvalue weighted by atomic mass is 19.2. The number of halogens is 2. The molecule has 0 atom stereocenters. The summed E-state index contributed by atoms with van der Waals surface area (Å²) >= 11 is 0. The molecule has 0 unspecified atom stereocenters. The van der Waals surface area contributed by atoms with E-state index in [1.165, 1.54) is 6.07 Å². The van der Waals surface area contributed by atoms with Gasteiger partial charge in [0.25, 0.3) is 0 Å². The summed E-state index contributed by atoms with van der Waals surface area (Å²) in [4.78, 5) is 0. The van der Waals surface area contributed by atoms with Crippen molar-refractivity contribution < 1.29 is 8.78 Å². The first-order valence-electron chi connectivity index (χ1n) is 5.44. The zero-order chi connectivity index (χ0) is 12.8. The number of benzene rings is 1. The van der Waals surface area contributed by atoms with Crippen LogP contribution in [0.3, 0.4) is 0 Å². The number of hydrogen-bond acceptors (Lipinski definition) is 0. The third kappa shape index (κ3) is 3.99. The molecular weight excluding hydrogens is 218 g/mol. The van der Waals surface area contributed by atoms with Crippen molar-refractivity contribution in [3.05, 3.63) is 71.4 Å². The van der Waals surface area contributed by atoms with Gasteiger partial charge < -0.3 is 0 Å². The van der Waals surface area contributed by atoms with Gasteiger partial charge in [-0.3, -0.25) is 0 Å². The van der Waals surface area contributed by atoms with Crippen LogP contribution in [0.2, 0.25) is 0 Å². The monoisotopic (exact) mass is 234 g/mol. The minimum absolute atomic E-state index is 0.587. The average molecular weight is 234 g/mol. The molecule has 0 aliphatic carbocycles. The fraction of sp³-hybridized carbons (Fsp3) is 0.200. The number of hydrogen-bond donors (Lipinski definition) is 0. The van der Waals surface area contributed by atoms with Crippen molar-refractivity contribution in [3.63, 3.8) is 0 Å². The SMILES string of the molecule is C=C/C=C\C(Cc1ccc(F)c(F)c1)=C(C)C. The van der Waals surface area contributed by atoms with Gasteiger partial charge in [0.15, 0.2) is 11.6 Å². The molecule has 0 fully saturated rings. The van der Waals surface area contributed by atoms with Gasteiger partial charge in [-0.2, -0.15) is 0 Å². The summed E-state index contributed by atoms with van der Waals surface area (Å²) in [6.45, 7) is 7.58. The molecule has 0 bridgehead atoms. The Morgan fingerprint density at radius 3 is 2.47 bits per heavy atom. The summed E-state index contributed by atoms with van der Waals surface area (Å²) < 4.78 is 25.8. The molecule has 0 saturated carbocycles. The van der Waals surface area contributed by atoms with E-state index in [0.717, 1.165) is 22.8 Å². The van der Waals surface area contributed by atoms with Crippen LogP contribution >= 0.6 is 0 Å². The first-order valence-corrected chi connectivity index (χ1v) is 5.44. The lowest BCUT2D eigenvalue weighted by Gasteiger charge is -2.06. The highest BCUT2D eigenvalue weighted by Gasteiger charge is 2.04. The average Bonchev–Trinajstić information content (AvgIpc) is 2.28. The van der Waals surface area contributed by atoms with E-state index in [4.69, 9.17) is 0 Å². The van der Waals surface area contributed by atoms with Crippen LogP contribution in [0.5, 0.6) is 0 Å². The molecule has 0 spiro atoms. The maximum absolute atomic E-state index is 13.1. The van der Waals surface area contributed by atoms with Crippen LogP contribution in [-0.2, 0) is 6.42 Å². The van der Waals surface area contributed by atoms with Gasteiger partial charge in [0.2, 0.25) is 0 Å². The smallest absolute Gasteiger partial charge is 0.159 e. The lowest BCUT2D eigenvalue weighted by Crippen LogP contribution is -1.93. The van der Waals surface area contributed by atoms with Crippen LogP contribution in [0.25, 0.3) is 0 Å². The Hall–Kier alpha value is -1.70. The van der Waals surface area contributed by atoms with Crippen molar-refractivity contribution in [2.45, 2.75) is 20.3 Å². The third-order valence-corrected chi connectivity index (χ3v) is 2.45. The van der Waals surface area contributed by atoms with Crippen molar-refractivity contribution in [1.82, 2.24) is 0 Å². The van der Waals surface area contributed by atoms with Crippen LogP contribution in [0.4, 0.5) is 8.78 Å². The molecule has 0 nitrogen and oxygen atoms in total. The Morgan fingerprint density at radius 2 is 1.94 bits per heavy atom. The van der Waals surface area contributed by atoms with Gasteiger partial charge in [0, 0.05) is 0 Å². The predicted molar refractivity (Wildman–Crippen MR) is 67.8 cm³/mol. The Labute approximate surface area is 101 Å². The van der Waals surface area contributed by atoms with Crippen molar-refractivity contribution in [2.24, 2.45) is 0 Å². The molecule has 0 N–H and O–H groups in total. The Kier molecular flexibility index (Phi) is 4.83. The molecule has 0 aliphatic heterocycles. The molecule has 0 amide bonds. The largest absolute Gasteiger partial charge is 0.204 e. The summed E-state index contributed by atoms with van der Waals surface area (Å²) in [5.41, 5.74) is 2.98.